The van der Waals surface area contributed by atoms with Crippen LogP contribution in [0.1, 0.15) is 134 Å². The van der Waals surface area contributed by atoms with Crippen molar-refractivity contribution in [2.45, 2.75) is 61.8 Å². The second-order valence-electron chi connectivity index (χ2n) is 28.9. The molecule has 16 aromatic rings. The molecule has 0 amide bonds. The Morgan fingerprint density at radius 1 is 0.312 bits per heavy atom. The zero-order valence-corrected chi connectivity index (χ0v) is 74.0. The van der Waals surface area contributed by atoms with E-state index in [1.807, 2.05) is 164 Å². The number of carbonyl (C=O) groups excluding carboxylic acids is 8. The van der Waals surface area contributed by atoms with Crippen molar-refractivity contribution in [2.24, 2.45) is 0 Å². The molecule has 0 aliphatic heterocycles. The van der Waals surface area contributed by atoms with Gasteiger partial charge in [0.1, 0.15) is 65.5 Å². The molecule has 0 saturated heterocycles. The fourth-order valence-corrected chi connectivity index (χ4v) is 19.5. The third kappa shape index (κ3) is 21.8. The molecule has 0 aliphatic rings. The van der Waals surface area contributed by atoms with Crippen LogP contribution >= 0.6 is 56.7 Å². The first kappa shape index (κ1) is 90.6. The van der Waals surface area contributed by atoms with Crippen molar-refractivity contribution in [3.05, 3.63) is 363 Å². The maximum atomic E-state index is 13.7. The number of fused-ring (bicyclic) bond motifs is 4. The number of rotatable bonds is 29. The largest absolute Gasteiger partial charge is 0.508 e. The Kier molecular flexibility index (Phi) is 29.8. The van der Waals surface area contributed by atoms with Crippen LogP contribution in [0.25, 0.3) is 64.6 Å². The first-order valence-corrected chi connectivity index (χ1v) is 43.7. The number of ketones is 4. The third-order valence-corrected chi connectivity index (χ3v) is 25.4. The quantitative estimate of drug-likeness (QED) is 0.0147. The molecule has 0 radical (unpaired) electrons. The molecule has 0 unspecified atom stereocenters. The Bertz CT molecular complexity index is 6710. The van der Waals surface area contributed by atoms with Crippen LogP contribution < -0.4 is 18.9 Å². The number of hydrogen-bond donors (Lipinski definition) is 4. The van der Waals surface area contributed by atoms with E-state index in [1.165, 1.54) is 81.7 Å². The maximum Gasteiger partial charge on any atom is 0.297 e. The number of aryl methyl sites for hydroxylation is 8. The van der Waals surface area contributed by atoms with E-state index in [0.717, 1.165) is 114 Å². The van der Waals surface area contributed by atoms with Crippen molar-refractivity contribution in [1.29, 1.82) is 0 Å². The Morgan fingerprint density at radius 3 is 0.867 bits per heavy atom. The summed E-state index contributed by atoms with van der Waals surface area (Å²) in [5.41, 5.74) is 13.0. The van der Waals surface area contributed by atoms with Gasteiger partial charge in [0.05, 0.1) is 29.9 Å². The number of thiophene rings is 5. The van der Waals surface area contributed by atoms with Crippen LogP contribution in [-0.4, -0.2) is 69.4 Å². The molecule has 0 fully saturated rings. The molecule has 16 rings (SSSR count). The maximum absolute atomic E-state index is 13.7. The van der Waals surface area contributed by atoms with Crippen LogP contribution in [-0.2, 0) is 44.5 Å². The van der Waals surface area contributed by atoms with Crippen molar-refractivity contribution in [3.63, 3.8) is 0 Å². The number of aromatic hydroxyl groups is 4. The number of phenolic OH excluding ortho intramolecular Hbond substituents is 4. The van der Waals surface area contributed by atoms with Gasteiger partial charge in [-0.3, -0.25) is 38.4 Å². The van der Waals surface area contributed by atoms with Gasteiger partial charge < -0.3 is 58.3 Å². The Balaban J connectivity index is 0.000000146. The minimum Gasteiger partial charge on any atom is -0.508 e. The average Bonchev–Trinajstić information content (AvgIpc) is 1.63. The number of carbonyl (C=O) groups is 8. The van der Waals surface area contributed by atoms with E-state index in [-0.39, 0.29) is 46.1 Å². The highest BCUT2D eigenvalue weighted by atomic mass is 32.1. The van der Waals surface area contributed by atoms with E-state index in [4.69, 9.17) is 18.9 Å². The van der Waals surface area contributed by atoms with Crippen molar-refractivity contribution < 1.29 is 96.7 Å². The Hall–Kier alpha value is -15.1. The zero-order chi connectivity index (χ0) is 90.7. The lowest BCUT2D eigenvalue weighted by Gasteiger charge is -2.12. The Labute approximate surface area is 755 Å². The molecule has 20 nitrogen and oxygen atoms in total. The first-order valence-electron chi connectivity index (χ1n) is 39.5. The molecular formula is C103H80O20S5. The van der Waals surface area contributed by atoms with Crippen LogP contribution in [0, 0.1) is 48.5 Å². The summed E-state index contributed by atoms with van der Waals surface area (Å²) in [6.07, 6.45) is 12.5. The molecule has 25 heteroatoms. The fraction of sp³-hybridized carbons (Fsp3) is 0.0874. The molecule has 0 atom stereocenters. The zero-order valence-electron chi connectivity index (χ0n) is 69.9. The van der Waals surface area contributed by atoms with Gasteiger partial charge in [0.15, 0.2) is 23.0 Å². The lowest BCUT2D eigenvalue weighted by Crippen LogP contribution is -2.06. The van der Waals surface area contributed by atoms with Gasteiger partial charge in [-0.2, -0.15) is 0 Å². The summed E-state index contributed by atoms with van der Waals surface area (Å²) in [6, 6.07) is 66.1. The van der Waals surface area contributed by atoms with Crippen molar-refractivity contribution >= 4 is 170 Å². The summed E-state index contributed by atoms with van der Waals surface area (Å²) in [5.74, 6) is 4.22. The topological polar surface area (TPSA) is 291 Å². The summed E-state index contributed by atoms with van der Waals surface area (Å²) >= 11 is 6.61. The van der Waals surface area contributed by atoms with Gasteiger partial charge in [-0.05, 0) is 268 Å². The average molecular weight is 1800 g/mol. The van der Waals surface area contributed by atoms with Crippen LogP contribution in [0.15, 0.2) is 255 Å². The molecule has 5 heterocycles. The number of phenols is 4. The van der Waals surface area contributed by atoms with Gasteiger partial charge in [-0.25, -0.2) is 0 Å². The summed E-state index contributed by atoms with van der Waals surface area (Å²) < 4.78 is 46.1. The standard InChI is InChI=1S/2C27H22O5S.C26H20O5S.C23H16O5S2/c2*1-16-12-17(2)24(18(3)13-16)25(30)27-26(22-9-6-20(29)14-23(22)33-27)32-21-7-4-19(5-8-21)10-11-31-15-28;1-2-18-5-3-4-6-21(18)24(29)26-25(22-12-9-19(28)15-23(22)32-26)31-20-10-7-17(8-11-20)13-14-30-16-27;1-14-9-11-29-22(14)20(26)23-21(18-7-4-16(25)12-19(18)30-23)28-17-5-2-15(3-6-17)8-10-27-13-24/h2*4-15,29H,1-3H3;3-16,28H,2H2,1H3;2-13,25H,1H3/b2*11-10+;14-13+;10-8+. The summed E-state index contributed by atoms with van der Waals surface area (Å²) in [4.78, 5) is 97.7. The van der Waals surface area contributed by atoms with Gasteiger partial charge in [0, 0.05) is 57.0 Å². The van der Waals surface area contributed by atoms with Gasteiger partial charge in [0.25, 0.3) is 25.9 Å². The lowest BCUT2D eigenvalue weighted by atomic mass is 9.95. The molecule has 4 N–H and O–H groups in total. The van der Waals surface area contributed by atoms with Crippen LogP contribution in [0.3, 0.4) is 0 Å². The first-order chi connectivity index (χ1) is 61.9. The SMILES string of the molecule is CCc1ccccc1C(=O)c1sc2cc(O)ccc2c1Oc1ccc(/C=C/OC=O)cc1.Cc1cc(C)c(C(=O)c2sc3cc(O)ccc3c2Oc2ccc(/C=C/OC=O)cc2)c(C)c1.Cc1cc(C)c(C(=O)c2sc3cc(O)ccc3c2Oc2ccc(/C=C/OC=O)cc2)c(C)c1.Cc1ccsc1C(=O)c1sc2cc(O)ccc2c1Oc1ccc(/C=C/OC=O)cc1. The van der Waals surface area contributed by atoms with Gasteiger partial charge in [-0.1, -0.05) is 115 Å². The second-order valence-corrected chi connectivity index (χ2v) is 34.0. The van der Waals surface area contributed by atoms with E-state index in [1.54, 1.807) is 146 Å². The minimum atomic E-state index is -0.108. The van der Waals surface area contributed by atoms with E-state index < -0.39 is 0 Å². The van der Waals surface area contributed by atoms with Crippen molar-refractivity contribution in [3.8, 4) is 69.0 Å². The van der Waals surface area contributed by atoms with Crippen LogP contribution in [0.2, 0.25) is 0 Å². The summed E-state index contributed by atoms with van der Waals surface area (Å²) in [6.45, 7) is 17.1. The van der Waals surface area contributed by atoms with Crippen molar-refractivity contribution in [1.82, 2.24) is 0 Å². The second kappa shape index (κ2) is 42.0. The van der Waals surface area contributed by atoms with Gasteiger partial charge in [-0.15, -0.1) is 56.7 Å². The summed E-state index contributed by atoms with van der Waals surface area (Å²) in [7, 11) is 0. The van der Waals surface area contributed by atoms with Crippen LogP contribution in [0.4, 0.5) is 0 Å². The van der Waals surface area contributed by atoms with Crippen molar-refractivity contribution in [2.75, 3.05) is 0 Å². The van der Waals surface area contributed by atoms with Crippen LogP contribution in [0.5, 0.6) is 69.0 Å². The monoisotopic (exact) mass is 1800 g/mol. The number of ether oxygens (including phenoxy) is 8. The highest BCUT2D eigenvalue weighted by Gasteiger charge is 2.30. The van der Waals surface area contributed by atoms with E-state index in [2.05, 4.69) is 18.9 Å². The normalized spacial score (nSPS) is 11.1. The fourth-order valence-electron chi connectivity index (χ4n) is 14.1. The molecular weight excluding hydrogens is 1720 g/mol. The molecule has 11 aromatic carbocycles. The highest BCUT2D eigenvalue weighted by molar-refractivity contribution is 7.23. The summed E-state index contributed by atoms with van der Waals surface area (Å²) in [5, 5.41) is 44.6. The minimum absolute atomic E-state index is 0.0937. The van der Waals surface area contributed by atoms with E-state index in [9.17, 15) is 58.8 Å². The van der Waals surface area contributed by atoms with Gasteiger partial charge >= 0.3 is 0 Å². The van der Waals surface area contributed by atoms with E-state index in [0.29, 0.717) is 113 Å². The third-order valence-electron chi connectivity index (χ3n) is 19.8. The lowest BCUT2D eigenvalue weighted by molar-refractivity contribution is -0.124. The molecule has 0 spiro atoms. The molecule has 128 heavy (non-hydrogen) atoms. The smallest absolute Gasteiger partial charge is 0.297 e. The highest BCUT2D eigenvalue weighted by Crippen LogP contribution is 2.49. The van der Waals surface area contributed by atoms with Gasteiger partial charge in [0.2, 0.25) is 23.1 Å². The molecule has 5 aromatic heterocycles. The molecule has 0 saturated carbocycles. The predicted molar refractivity (Wildman–Crippen MR) is 505 cm³/mol. The number of hydrogen-bond acceptors (Lipinski definition) is 25. The predicted octanol–water partition coefficient (Wildman–Crippen LogP) is 25.9. The number of benzene rings is 11. The molecule has 0 aliphatic carbocycles. The Morgan fingerprint density at radius 2 is 0.594 bits per heavy atom. The molecule has 0 bridgehead atoms. The van der Waals surface area contributed by atoms with E-state index >= 15 is 0 Å². The molecule has 642 valence electrons.